The minimum atomic E-state index is -0.819. The number of rotatable bonds is 8. The molecule has 8 nitrogen and oxygen atoms in total. The van der Waals surface area contributed by atoms with E-state index < -0.39 is 11.4 Å². The number of halogens is 1. The number of amides is 1. The maximum Gasteiger partial charge on any atom is 0.251 e. The molecule has 39 heavy (non-hydrogen) atoms. The van der Waals surface area contributed by atoms with Gasteiger partial charge in [-0.2, -0.15) is 0 Å². The minimum Gasteiger partial charge on any atom is -0.389 e. The van der Waals surface area contributed by atoms with Crippen molar-refractivity contribution in [1.29, 1.82) is 0 Å². The van der Waals surface area contributed by atoms with E-state index >= 15 is 0 Å². The van der Waals surface area contributed by atoms with E-state index in [9.17, 15) is 19.1 Å². The number of hydrogen-bond donors (Lipinski definition) is 3. The average molecular weight is 532 g/mol. The molecule has 0 radical (unpaired) electrons. The van der Waals surface area contributed by atoms with Crippen molar-refractivity contribution in [2.24, 2.45) is 0 Å². The number of fused-ring (bicyclic) bond motifs is 1. The summed E-state index contributed by atoms with van der Waals surface area (Å²) in [6.45, 7) is 7.58. The van der Waals surface area contributed by atoms with Crippen molar-refractivity contribution in [3.05, 3.63) is 99.5 Å². The van der Waals surface area contributed by atoms with Crippen LogP contribution in [0, 0.1) is 12.7 Å². The van der Waals surface area contributed by atoms with Crippen molar-refractivity contribution in [3.63, 3.8) is 0 Å². The van der Waals surface area contributed by atoms with Gasteiger partial charge in [-0.3, -0.25) is 14.5 Å². The van der Waals surface area contributed by atoms with Gasteiger partial charge in [-0.1, -0.05) is 30.3 Å². The molecule has 9 heteroatoms. The Balaban J connectivity index is 1.31. The number of benzene rings is 1. The molecule has 2 atom stereocenters. The first kappa shape index (κ1) is 26.8. The summed E-state index contributed by atoms with van der Waals surface area (Å²) in [5, 5.41) is 13.6. The summed E-state index contributed by atoms with van der Waals surface area (Å²) in [5.74, 6) is -0.446. The van der Waals surface area contributed by atoms with Gasteiger partial charge in [-0.25, -0.2) is 9.37 Å². The first-order chi connectivity index (χ1) is 18.6. The first-order valence-electron chi connectivity index (χ1n) is 13.2. The zero-order chi connectivity index (χ0) is 27.7. The average Bonchev–Trinajstić information content (AvgIpc) is 3.47. The van der Waals surface area contributed by atoms with E-state index in [2.05, 4.69) is 32.3 Å². The molecule has 2 unspecified atom stereocenters. The lowest BCUT2D eigenvalue weighted by molar-refractivity contribution is -0.121. The molecule has 0 bridgehead atoms. The highest BCUT2D eigenvalue weighted by Gasteiger charge is 2.37. The highest BCUT2D eigenvalue weighted by molar-refractivity contribution is 5.78. The second kappa shape index (κ2) is 10.7. The third-order valence-corrected chi connectivity index (χ3v) is 7.35. The molecule has 1 aromatic carbocycles. The highest BCUT2D eigenvalue weighted by Crippen LogP contribution is 2.40. The summed E-state index contributed by atoms with van der Waals surface area (Å²) in [5.41, 5.74) is 2.91. The maximum atomic E-state index is 13.9. The molecule has 4 heterocycles. The lowest BCUT2D eigenvalue weighted by Crippen LogP contribution is -2.37. The predicted octanol–water partition coefficient (Wildman–Crippen LogP) is 3.44. The van der Waals surface area contributed by atoms with Crippen molar-refractivity contribution in [2.75, 3.05) is 19.6 Å². The van der Waals surface area contributed by atoms with Crippen molar-refractivity contribution in [2.45, 2.75) is 51.3 Å². The molecule has 1 fully saturated rings. The number of H-pyrrole nitrogens is 1. The fourth-order valence-corrected chi connectivity index (χ4v) is 5.62. The van der Waals surface area contributed by atoms with Crippen LogP contribution in [-0.4, -0.2) is 55.7 Å². The summed E-state index contributed by atoms with van der Waals surface area (Å²) in [4.78, 5) is 35.1. The Labute approximate surface area is 226 Å². The number of β-amino-alcohol motifs (C(OH)–C–C–N with tert-alkyl or cyclic N) is 1. The summed E-state index contributed by atoms with van der Waals surface area (Å²) >= 11 is 0. The Morgan fingerprint density at radius 2 is 1.87 bits per heavy atom. The summed E-state index contributed by atoms with van der Waals surface area (Å²) in [7, 11) is 0. The van der Waals surface area contributed by atoms with Crippen molar-refractivity contribution in [1.82, 2.24) is 24.8 Å². The number of nitrogens with one attached hydrogen (secondary N) is 2. The van der Waals surface area contributed by atoms with Gasteiger partial charge >= 0.3 is 0 Å². The third kappa shape index (κ3) is 6.10. The van der Waals surface area contributed by atoms with Crippen LogP contribution in [0.5, 0.6) is 0 Å². The number of aromatic nitrogens is 3. The van der Waals surface area contributed by atoms with E-state index in [0.717, 1.165) is 18.7 Å². The van der Waals surface area contributed by atoms with Crippen molar-refractivity contribution < 1.29 is 14.3 Å². The zero-order valence-corrected chi connectivity index (χ0v) is 22.4. The molecule has 1 aliphatic rings. The molecule has 1 aliphatic heterocycles. The number of aryl methyl sites for hydroxylation is 1. The van der Waals surface area contributed by atoms with Gasteiger partial charge < -0.3 is 20.0 Å². The van der Waals surface area contributed by atoms with Gasteiger partial charge in [-0.05, 0) is 49.6 Å². The fraction of sp³-hybridized carbons (Fsp3) is 0.367. The first-order valence-corrected chi connectivity index (χ1v) is 13.2. The Hall–Kier alpha value is -3.82. The van der Waals surface area contributed by atoms with Crippen molar-refractivity contribution >= 4 is 16.9 Å². The van der Waals surface area contributed by atoms with E-state index in [4.69, 9.17) is 0 Å². The molecule has 1 amide bonds. The molecular weight excluding hydrogens is 497 g/mol. The van der Waals surface area contributed by atoms with E-state index in [0.29, 0.717) is 28.8 Å². The highest BCUT2D eigenvalue weighted by atomic mass is 19.1. The van der Waals surface area contributed by atoms with Crippen LogP contribution >= 0.6 is 0 Å². The summed E-state index contributed by atoms with van der Waals surface area (Å²) < 4.78 is 15.3. The lowest BCUT2D eigenvalue weighted by Gasteiger charge is -2.25. The largest absolute Gasteiger partial charge is 0.389 e. The molecule has 1 saturated heterocycles. The molecule has 4 aromatic rings. The molecule has 5 rings (SSSR count). The van der Waals surface area contributed by atoms with E-state index in [1.165, 1.54) is 16.3 Å². The quantitative estimate of drug-likeness (QED) is 0.323. The number of aliphatic hydroxyl groups is 1. The standard InChI is InChI=1S/C30H34FN5O3/c1-19-9-22(25-16-35(18-30(2,3)39)15-24(25)21-7-5-4-6-8-21)11-28(38)36(19)17-27(37)32-12-20-10-23-26(31)14-34-29(23)33-13-20/h4-11,13-14,24-25,39H,12,15-18H2,1-3H3,(H,32,37)(H,33,34). The second-order valence-electron chi connectivity index (χ2n) is 11.1. The van der Waals surface area contributed by atoms with Crippen LogP contribution < -0.4 is 10.9 Å². The van der Waals surface area contributed by atoms with Crippen molar-refractivity contribution in [3.8, 4) is 0 Å². The van der Waals surface area contributed by atoms with Gasteiger partial charge in [-0.15, -0.1) is 0 Å². The number of hydrogen-bond acceptors (Lipinski definition) is 5. The van der Waals surface area contributed by atoms with Crippen LogP contribution in [0.1, 0.15) is 48.1 Å². The summed E-state index contributed by atoms with van der Waals surface area (Å²) in [6, 6.07) is 15.5. The van der Waals surface area contributed by atoms with Gasteiger partial charge in [0.1, 0.15) is 18.0 Å². The summed E-state index contributed by atoms with van der Waals surface area (Å²) in [6.07, 6.45) is 2.83. The monoisotopic (exact) mass is 531 g/mol. The SMILES string of the molecule is Cc1cc(C2CN(CC(C)(C)O)CC2c2ccccc2)cc(=O)n1CC(=O)NCc1cnc2[nH]cc(F)c2c1. The third-order valence-electron chi connectivity index (χ3n) is 7.35. The molecule has 3 aromatic heterocycles. The normalized spacial score (nSPS) is 18.1. The number of carbonyl (C=O) groups excluding carboxylic acids is 1. The number of pyridine rings is 2. The van der Waals surface area contributed by atoms with E-state index in [-0.39, 0.29) is 36.4 Å². The van der Waals surface area contributed by atoms with Gasteiger partial charge in [0.25, 0.3) is 5.56 Å². The predicted molar refractivity (Wildman–Crippen MR) is 148 cm³/mol. The number of likely N-dealkylation sites (tertiary alicyclic amines) is 1. The fourth-order valence-electron chi connectivity index (χ4n) is 5.62. The molecule has 0 aliphatic carbocycles. The molecular formula is C30H34FN5O3. The topological polar surface area (TPSA) is 103 Å². The van der Waals surface area contributed by atoms with Gasteiger partial charge in [0, 0.05) is 62.2 Å². The smallest absolute Gasteiger partial charge is 0.251 e. The van der Waals surface area contributed by atoms with Gasteiger partial charge in [0.05, 0.1) is 11.0 Å². The molecule has 204 valence electrons. The van der Waals surface area contributed by atoms with Crippen LogP contribution in [-0.2, 0) is 17.9 Å². The zero-order valence-electron chi connectivity index (χ0n) is 22.4. The molecule has 0 saturated carbocycles. The van der Waals surface area contributed by atoms with Gasteiger partial charge in [0.2, 0.25) is 5.91 Å². The second-order valence-corrected chi connectivity index (χ2v) is 11.1. The van der Waals surface area contributed by atoms with Gasteiger partial charge in [0.15, 0.2) is 0 Å². The number of carbonyl (C=O) groups is 1. The Morgan fingerprint density at radius 1 is 1.15 bits per heavy atom. The lowest BCUT2D eigenvalue weighted by atomic mass is 9.84. The molecule has 0 spiro atoms. The minimum absolute atomic E-state index is 0.0841. The molecule has 3 N–H and O–H groups in total. The number of aromatic amines is 1. The Kier molecular flexibility index (Phi) is 7.38. The number of nitrogens with zero attached hydrogens (tertiary/aromatic N) is 3. The van der Waals surface area contributed by atoms with Crippen LogP contribution in [0.4, 0.5) is 4.39 Å². The Morgan fingerprint density at radius 3 is 2.56 bits per heavy atom. The van der Waals surface area contributed by atoms with E-state index in [1.807, 2.05) is 45.0 Å². The van der Waals surface area contributed by atoms with Crippen LogP contribution in [0.3, 0.4) is 0 Å². The van der Waals surface area contributed by atoms with E-state index in [1.54, 1.807) is 18.3 Å². The van der Waals surface area contributed by atoms with Crippen LogP contribution in [0.15, 0.2) is 65.7 Å². The van der Waals surface area contributed by atoms with Crippen LogP contribution in [0.25, 0.3) is 11.0 Å². The van der Waals surface area contributed by atoms with Crippen LogP contribution in [0.2, 0.25) is 0 Å². The maximum absolute atomic E-state index is 13.9. The Bertz CT molecular complexity index is 1540.